The summed E-state index contributed by atoms with van der Waals surface area (Å²) in [5.74, 6) is -0.133. The van der Waals surface area contributed by atoms with E-state index in [0.29, 0.717) is 5.56 Å². The summed E-state index contributed by atoms with van der Waals surface area (Å²) in [6, 6.07) is 6.25. The molecule has 0 unspecified atom stereocenters. The molecule has 0 aromatic heterocycles. The minimum Gasteiger partial charge on any atom is -0.317 e. The van der Waals surface area contributed by atoms with Crippen LogP contribution in [0.3, 0.4) is 0 Å². The van der Waals surface area contributed by atoms with Gasteiger partial charge in [0.2, 0.25) is 10.0 Å². The summed E-state index contributed by atoms with van der Waals surface area (Å²) in [5.41, 5.74) is 0.421. The number of hydrogen-bond acceptors (Lipinski definition) is 4. The molecule has 0 aliphatic carbocycles. The number of sulfonamides is 1. The van der Waals surface area contributed by atoms with Gasteiger partial charge in [0.15, 0.2) is 5.78 Å². The molecule has 0 bridgehead atoms. The van der Waals surface area contributed by atoms with E-state index in [4.69, 9.17) is 0 Å². The van der Waals surface area contributed by atoms with Crippen molar-refractivity contribution < 1.29 is 13.2 Å². The van der Waals surface area contributed by atoms with Gasteiger partial charge >= 0.3 is 0 Å². The van der Waals surface area contributed by atoms with Gasteiger partial charge in [0.1, 0.15) is 0 Å². The van der Waals surface area contributed by atoms with Crippen LogP contribution in [0.4, 0.5) is 0 Å². The lowest BCUT2D eigenvalue weighted by Crippen LogP contribution is -2.43. The molecule has 5 nitrogen and oxygen atoms in total. The second kappa shape index (κ2) is 6.03. The summed E-state index contributed by atoms with van der Waals surface area (Å²) < 4.78 is 26.6. The molecule has 0 saturated carbocycles. The van der Waals surface area contributed by atoms with Crippen LogP contribution in [0.1, 0.15) is 30.1 Å². The molecule has 1 N–H and O–H groups in total. The second-order valence-corrected chi connectivity index (χ2v) is 7.08. The summed E-state index contributed by atoms with van der Waals surface area (Å²) in [6.07, 6.45) is 1.62. The zero-order valence-electron chi connectivity index (χ0n) is 11.8. The SMILES string of the molecule is CC(=O)c1cccc(S(=O)(=O)N(C)C2CCNCC2)c1. The number of Topliss-reactive ketones (excluding diaryl/α,β-unsaturated/α-hetero) is 1. The maximum Gasteiger partial charge on any atom is 0.243 e. The number of ketones is 1. The molecule has 0 radical (unpaired) electrons. The summed E-state index contributed by atoms with van der Waals surface area (Å²) in [5, 5.41) is 3.22. The lowest BCUT2D eigenvalue weighted by molar-refractivity contribution is 0.101. The molecule has 2 rings (SSSR count). The highest BCUT2D eigenvalue weighted by molar-refractivity contribution is 7.89. The van der Waals surface area contributed by atoms with Crippen molar-refractivity contribution in [3.8, 4) is 0 Å². The molecule has 1 heterocycles. The molecule has 20 heavy (non-hydrogen) atoms. The Bertz CT molecular complexity index is 592. The third-order valence-corrected chi connectivity index (χ3v) is 5.65. The van der Waals surface area contributed by atoms with E-state index in [-0.39, 0.29) is 16.7 Å². The topological polar surface area (TPSA) is 66.5 Å². The minimum atomic E-state index is -3.54. The summed E-state index contributed by atoms with van der Waals surface area (Å²) in [7, 11) is -1.92. The Morgan fingerprint density at radius 2 is 1.95 bits per heavy atom. The summed E-state index contributed by atoms with van der Waals surface area (Å²) in [4.78, 5) is 11.6. The van der Waals surface area contributed by atoms with Gasteiger partial charge in [-0.15, -0.1) is 0 Å². The van der Waals surface area contributed by atoms with E-state index in [1.165, 1.54) is 17.3 Å². The van der Waals surface area contributed by atoms with E-state index < -0.39 is 10.0 Å². The highest BCUT2D eigenvalue weighted by atomic mass is 32.2. The third-order valence-electron chi connectivity index (χ3n) is 3.74. The second-order valence-electron chi connectivity index (χ2n) is 5.09. The van der Waals surface area contributed by atoms with Gasteiger partial charge in [0.25, 0.3) is 0 Å². The molecule has 1 aliphatic rings. The Balaban J connectivity index is 2.29. The molecule has 0 amide bonds. The minimum absolute atomic E-state index is 0.0160. The number of benzene rings is 1. The molecule has 1 saturated heterocycles. The Morgan fingerprint density at radius 3 is 2.55 bits per heavy atom. The Kier molecular flexibility index (Phi) is 4.57. The molecule has 1 aliphatic heterocycles. The summed E-state index contributed by atoms with van der Waals surface area (Å²) >= 11 is 0. The smallest absolute Gasteiger partial charge is 0.243 e. The standard InChI is InChI=1S/C14H20N2O3S/c1-11(17)12-4-3-5-14(10-12)20(18,19)16(2)13-6-8-15-9-7-13/h3-5,10,13,15H,6-9H2,1-2H3. The summed E-state index contributed by atoms with van der Waals surface area (Å²) in [6.45, 7) is 3.10. The van der Waals surface area contributed by atoms with Crippen molar-refractivity contribution in [2.24, 2.45) is 0 Å². The zero-order valence-corrected chi connectivity index (χ0v) is 12.6. The molecule has 1 aromatic carbocycles. The van der Waals surface area contributed by atoms with E-state index in [2.05, 4.69) is 5.32 Å². The first-order chi connectivity index (χ1) is 9.43. The van der Waals surface area contributed by atoms with E-state index in [1.54, 1.807) is 25.2 Å². The van der Waals surface area contributed by atoms with Gasteiger partial charge in [-0.3, -0.25) is 4.79 Å². The lowest BCUT2D eigenvalue weighted by Gasteiger charge is -2.30. The van der Waals surface area contributed by atoms with Crippen LogP contribution in [0, 0.1) is 0 Å². The lowest BCUT2D eigenvalue weighted by atomic mass is 10.1. The maximum atomic E-state index is 12.6. The zero-order chi connectivity index (χ0) is 14.8. The van der Waals surface area contributed by atoms with Crippen molar-refractivity contribution in [3.63, 3.8) is 0 Å². The molecule has 110 valence electrons. The quantitative estimate of drug-likeness (QED) is 0.850. The maximum absolute atomic E-state index is 12.6. The van der Waals surface area contributed by atoms with Crippen molar-refractivity contribution >= 4 is 15.8 Å². The number of rotatable bonds is 4. The predicted molar refractivity (Wildman–Crippen MR) is 77.3 cm³/mol. The monoisotopic (exact) mass is 296 g/mol. The van der Waals surface area contributed by atoms with Gasteiger partial charge in [0, 0.05) is 18.7 Å². The number of carbonyl (C=O) groups is 1. The van der Waals surface area contributed by atoms with Crippen molar-refractivity contribution in [2.45, 2.75) is 30.7 Å². The molecule has 1 fully saturated rings. The highest BCUT2D eigenvalue weighted by Gasteiger charge is 2.29. The van der Waals surface area contributed by atoms with E-state index in [1.807, 2.05) is 0 Å². The van der Waals surface area contributed by atoms with Crippen LogP contribution in [-0.2, 0) is 10.0 Å². The van der Waals surface area contributed by atoms with Gasteiger partial charge in [-0.1, -0.05) is 12.1 Å². The molecular formula is C14H20N2O3S. The fourth-order valence-corrected chi connectivity index (χ4v) is 3.87. The van der Waals surface area contributed by atoms with Crippen LogP contribution in [0.2, 0.25) is 0 Å². The first kappa shape index (κ1) is 15.2. The average Bonchev–Trinajstić information content (AvgIpc) is 2.47. The van der Waals surface area contributed by atoms with E-state index in [0.717, 1.165) is 25.9 Å². The van der Waals surface area contributed by atoms with Gasteiger partial charge in [-0.05, 0) is 45.0 Å². The van der Waals surface area contributed by atoms with E-state index in [9.17, 15) is 13.2 Å². The van der Waals surface area contributed by atoms with Gasteiger partial charge in [-0.2, -0.15) is 4.31 Å². The first-order valence-electron chi connectivity index (χ1n) is 6.72. The number of nitrogens with one attached hydrogen (secondary N) is 1. The fourth-order valence-electron chi connectivity index (χ4n) is 2.41. The fraction of sp³-hybridized carbons (Fsp3) is 0.500. The van der Waals surface area contributed by atoms with Gasteiger partial charge < -0.3 is 5.32 Å². The van der Waals surface area contributed by atoms with Crippen LogP contribution in [0.5, 0.6) is 0 Å². The van der Waals surface area contributed by atoms with Crippen molar-refractivity contribution in [1.29, 1.82) is 0 Å². The van der Waals surface area contributed by atoms with Crippen LogP contribution in [-0.4, -0.2) is 44.7 Å². The number of carbonyl (C=O) groups excluding carboxylic acids is 1. The Labute approximate surface area is 120 Å². The van der Waals surface area contributed by atoms with Gasteiger partial charge in [0.05, 0.1) is 4.90 Å². The molecular weight excluding hydrogens is 276 g/mol. The Hall–Kier alpha value is -1.24. The van der Waals surface area contributed by atoms with Gasteiger partial charge in [-0.25, -0.2) is 8.42 Å². The third kappa shape index (κ3) is 3.08. The van der Waals surface area contributed by atoms with Crippen LogP contribution in [0.15, 0.2) is 29.2 Å². The number of nitrogens with zero attached hydrogens (tertiary/aromatic N) is 1. The molecule has 6 heteroatoms. The molecule has 0 atom stereocenters. The number of piperidine rings is 1. The van der Waals surface area contributed by atoms with Crippen LogP contribution < -0.4 is 5.32 Å². The van der Waals surface area contributed by atoms with Crippen molar-refractivity contribution in [1.82, 2.24) is 9.62 Å². The predicted octanol–water partition coefficient (Wildman–Crippen LogP) is 1.26. The number of hydrogen-bond donors (Lipinski definition) is 1. The first-order valence-corrected chi connectivity index (χ1v) is 8.16. The van der Waals surface area contributed by atoms with Crippen LogP contribution in [0.25, 0.3) is 0 Å². The normalized spacial score (nSPS) is 17.4. The van der Waals surface area contributed by atoms with Crippen LogP contribution >= 0.6 is 0 Å². The van der Waals surface area contributed by atoms with Crippen molar-refractivity contribution in [2.75, 3.05) is 20.1 Å². The largest absolute Gasteiger partial charge is 0.317 e. The molecule has 0 spiro atoms. The Morgan fingerprint density at radius 1 is 1.30 bits per heavy atom. The van der Waals surface area contributed by atoms with Crippen molar-refractivity contribution in [3.05, 3.63) is 29.8 Å². The van der Waals surface area contributed by atoms with E-state index >= 15 is 0 Å². The molecule has 1 aromatic rings. The highest BCUT2D eigenvalue weighted by Crippen LogP contribution is 2.21. The average molecular weight is 296 g/mol.